The van der Waals surface area contributed by atoms with Gasteiger partial charge in [0.1, 0.15) is 6.04 Å². The molecule has 0 aliphatic rings. The summed E-state index contributed by atoms with van der Waals surface area (Å²) in [4.78, 5) is 22.8. The lowest BCUT2D eigenvalue weighted by Crippen LogP contribution is -2.49. The highest BCUT2D eigenvalue weighted by atomic mass is 16.5. The molecular formula is C13H17NO4. The van der Waals surface area contributed by atoms with Crippen LogP contribution in [0.1, 0.15) is 19.4 Å². The largest absolute Gasteiger partial charge is 0.480 e. The Morgan fingerprint density at radius 1 is 1.33 bits per heavy atom. The van der Waals surface area contributed by atoms with Gasteiger partial charge in [0.15, 0.2) is 5.60 Å². The molecule has 18 heavy (non-hydrogen) atoms. The first-order valence-electron chi connectivity index (χ1n) is 5.56. The molecule has 0 aromatic heterocycles. The molecule has 0 aliphatic heterocycles. The van der Waals surface area contributed by atoms with Crippen molar-refractivity contribution in [2.75, 3.05) is 7.11 Å². The Bertz CT molecular complexity index is 432. The van der Waals surface area contributed by atoms with E-state index in [1.165, 1.54) is 14.0 Å². The lowest BCUT2D eigenvalue weighted by molar-refractivity contribution is -0.148. The topological polar surface area (TPSA) is 75.6 Å². The third kappa shape index (κ3) is 2.87. The first kappa shape index (κ1) is 14.2. The van der Waals surface area contributed by atoms with E-state index in [9.17, 15) is 9.59 Å². The zero-order valence-corrected chi connectivity index (χ0v) is 10.6. The van der Waals surface area contributed by atoms with Gasteiger partial charge in [-0.1, -0.05) is 30.3 Å². The van der Waals surface area contributed by atoms with Crippen LogP contribution >= 0.6 is 0 Å². The molecule has 0 radical (unpaired) electrons. The van der Waals surface area contributed by atoms with Gasteiger partial charge in [-0.3, -0.25) is 9.59 Å². The summed E-state index contributed by atoms with van der Waals surface area (Å²) in [5.74, 6) is -1.57. The van der Waals surface area contributed by atoms with Crippen LogP contribution in [0.15, 0.2) is 30.3 Å². The van der Waals surface area contributed by atoms with Crippen molar-refractivity contribution in [3.05, 3.63) is 35.9 Å². The van der Waals surface area contributed by atoms with E-state index in [1.807, 2.05) is 6.07 Å². The second-order valence-corrected chi connectivity index (χ2v) is 4.14. The summed E-state index contributed by atoms with van der Waals surface area (Å²) in [7, 11) is 1.41. The summed E-state index contributed by atoms with van der Waals surface area (Å²) in [5, 5.41) is 11.2. The minimum Gasteiger partial charge on any atom is -0.480 e. The van der Waals surface area contributed by atoms with Crippen LogP contribution in [-0.4, -0.2) is 30.1 Å². The normalized spacial score (nSPS) is 15.5. The van der Waals surface area contributed by atoms with E-state index in [0.717, 1.165) is 0 Å². The van der Waals surface area contributed by atoms with Gasteiger partial charge in [-0.2, -0.15) is 0 Å². The number of amides is 1. The van der Waals surface area contributed by atoms with Crippen molar-refractivity contribution in [2.24, 2.45) is 0 Å². The Morgan fingerprint density at radius 3 is 2.33 bits per heavy atom. The van der Waals surface area contributed by atoms with Gasteiger partial charge in [-0.05, 0) is 19.4 Å². The van der Waals surface area contributed by atoms with Crippen LogP contribution in [0.5, 0.6) is 0 Å². The summed E-state index contributed by atoms with van der Waals surface area (Å²) in [6.07, 6.45) is 0. The minimum absolute atomic E-state index is 0.480. The maximum atomic E-state index is 12.1. The fourth-order valence-corrected chi connectivity index (χ4v) is 1.49. The van der Waals surface area contributed by atoms with E-state index >= 15 is 0 Å². The Morgan fingerprint density at radius 2 is 1.89 bits per heavy atom. The molecule has 2 N–H and O–H groups in total. The second kappa shape index (κ2) is 5.64. The lowest BCUT2D eigenvalue weighted by atomic mass is 9.94. The van der Waals surface area contributed by atoms with Gasteiger partial charge in [0.25, 0.3) is 5.91 Å². The van der Waals surface area contributed by atoms with Crippen molar-refractivity contribution in [1.29, 1.82) is 0 Å². The molecule has 5 heteroatoms. The molecule has 0 bridgehead atoms. The maximum absolute atomic E-state index is 12.1. The summed E-state index contributed by atoms with van der Waals surface area (Å²) >= 11 is 0. The highest BCUT2D eigenvalue weighted by molar-refractivity contribution is 5.89. The number of ether oxygens (including phenoxy) is 1. The number of aliphatic carboxylic acids is 1. The zero-order chi connectivity index (χ0) is 13.8. The van der Waals surface area contributed by atoms with Gasteiger partial charge < -0.3 is 15.2 Å². The molecule has 5 nitrogen and oxygen atoms in total. The fraction of sp³-hybridized carbons (Fsp3) is 0.385. The van der Waals surface area contributed by atoms with Crippen molar-refractivity contribution in [1.82, 2.24) is 5.32 Å². The molecule has 0 aliphatic carbocycles. The predicted octanol–water partition coefficient (Wildman–Crippen LogP) is 1.14. The number of nitrogens with one attached hydrogen (secondary N) is 1. The van der Waals surface area contributed by atoms with Crippen LogP contribution < -0.4 is 5.32 Å². The molecule has 1 rings (SSSR count). The molecular weight excluding hydrogens is 234 g/mol. The monoisotopic (exact) mass is 251 g/mol. The van der Waals surface area contributed by atoms with Gasteiger partial charge in [-0.15, -0.1) is 0 Å². The van der Waals surface area contributed by atoms with Crippen LogP contribution in [0, 0.1) is 0 Å². The fourth-order valence-electron chi connectivity index (χ4n) is 1.49. The molecule has 0 heterocycles. The van der Waals surface area contributed by atoms with Gasteiger partial charge >= 0.3 is 5.97 Å². The average Bonchev–Trinajstić information content (AvgIpc) is 2.38. The number of methoxy groups -OCH3 is 1. The first-order chi connectivity index (χ1) is 8.41. The number of carboxylic acids is 1. The van der Waals surface area contributed by atoms with E-state index < -0.39 is 23.5 Å². The van der Waals surface area contributed by atoms with Crippen LogP contribution in [0.2, 0.25) is 0 Å². The standard InChI is InChI=1S/C13H17NO4/c1-9(11(15)16)14-12(17)13(2,18-3)10-7-5-4-6-8-10/h4-9H,1-3H3,(H,14,17)(H,15,16). The highest BCUT2D eigenvalue weighted by Crippen LogP contribution is 2.24. The van der Waals surface area contributed by atoms with E-state index in [4.69, 9.17) is 9.84 Å². The maximum Gasteiger partial charge on any atom is 0.325 e. The zero-order valence-electron chi connectivity index (χ0n) is 10.6. The average molecular weight is 251 g/mol. The Balaban J connectivity index is 2.95. The Kier molecular flexibility index (Phi) is 4.44. The first-order valence-corrected chi connectivity index (χ1v) is 5.56. The second-order valence-electron chi connectivity index (χ2n) is 4.14. The number of hydrogen-bond donors (Lipinski definition) is 2. The summed E-state index contributed by atoms with van der Waals surface area (Å²) in [6.45, 7) is 3.01. The predicted molar refractivity (Wildman–Crippen MR) is 66.0 cm³/mol. The number of carbonyl (C=O) groups excluding carboxylic acids is 1. The van der Waals surface area contributed by atoms with Crippen LogP contribution in [0.4, 0.5) is 0 Å². The summed E-state index contributed by atoms with van der Waals surface area (Å²) in [6, 6.07) is 7.97. The van der Waals surface area contributed by atoms with Crippen molar-refractivity contribution in [3.63, 3.8) is 0 Å². The molecule has 2 atom stereocenters. The molecule has 0 fully saturated rings. The minimum atomic E-state index is -1.20. The number of carboxylic acid groups (broad SMARTS) is 1. The summed E-state index contributed by atoms with van der Waals surface area (Å²) in [5.41, 5.74) is -0.534. The van der Waals surface area contributed by atoms with Crippen molar-refractivity contribution < 1.29 is 19.4 Å². The third-order valence-corrected chi connectivity index (χ3v) is 2.88. The van der Waals surface area contributed by atoms with Crippen molar-refractivity contribution >= 4 is 11.9 Å². The molecule has 1 aromatic carbocycles. The van der Waals surface area contributed by atoms with Crippen LogP contribution in [0.25, 0.3) is 0 Å². The molecule has 98 valence electrons. The number of rotatable bonds is 5. The molecule has 0 saturated carbocycles. The highest BCUT2D eigenvalue weighted by Gasteiger charge is 2.36. The van der Waals surface area contributed by atoms with Crippen molar-refractivity contribution in [2.45, 2.75) is 25.5 Å². The third-order valence-electron chi connectivity index (χ3n) is 2.88. The SMILES string of the molecule is COC(C)(C(=O)NC(C)C(=O)O)c1ccccc1. The van der Waals surface area contributed by atoms with Gasteiger partial charge in [0, 0.05) is 7.11 Å². The molecule has 0 spiro atoms. The van der Waals surface area contributed by atoms with Gasteiger partial charge in [0.2, 0.25) is 0 Å². The lowest BCUT2D eigenvalue weighted by Gasteiger charge is -2.28. The smallest absolute Gasteiger partial charge is 0.325 e. The summed E-state index contributed by atoms with van der Waals surface area (Å²) < 4.78 is 5.26. The van der Waals surface area contributed by atoms with Gasteiger partial charge in [0.05, 0.1) is 0 Å². The van der Waals surface area contributed by atoms with Gasteiger partial charge in [-0.25, -0.2) is 0 Å². The molecule has 1 aromatic rings. The van der Waals surface area contributed by atoms with E-state index in [-0.39, 0.29) is 0 Å². The molecule has 0 saturated heterocycles. The number of hydrogen-bond acceptors (Lipinski definition) is 3. The van der Waals surface area contributed by atoms with E-state index in [2.05, 4.69) is 5.32 Å². The van der Waals surface area contributed by atoms with E-state index in [1.54, 1.807) is 31.2 Å². The molecule has 1 amide bonds. The van der Waals surface area contributed by atoms with E-state index in [0.29, 0.717) is 5.56 Å². The Hall–Kier alpha value is -1.88. The number of carbonyl (C=O) groups is 2. The quantitative estimate of drug-likeness (QED) is 0.822. The number of benzene rings is 1. The Labute approximate surface area is 106 Å². The van der Waals surface area contributed by atoms with Crippen LogP contribution in [-0.2, 0) is 19.9 Å². The van der Waals surface area contributed by atoms with Crippen molar-refractivity contribution in [3.8, 4) is 0 Å². The molecule has 2 unspecified atom stereocenters. The van der Waals surface area contributed by atoms with Crippen LogP contribution in [0.3, 0.4) is 0 Å².